The van der Waals surface area contributed by atoms with Crippen molar-refractivity contribution in [2.24, 2.45) is 5.10 Å². The molecule has 0 saturated carbocycles. The Morgan fingerprint density at radius 2 is 1.68 bits per heavy atom. The van der Waals surface area contributed by atoms with E-state index in [9.17, 15) is 4.79 Å². The van der Waals surface area contributed by atoms with Crippen LogP contribution in [0.15, 0.2) is 88.8 Å². The van der Waals surface area contributed by atoms with Gasteiger partial charge in [-0.05, 0) is 23.8 Å². The van der Waals surface area contributed by atoms with Crippen LogP contribution in [0.5, 0.6) is 0 Å². The predicted octanol–water partition coefficient (Wildman–Crippen LogP) is 4.54. The van der Waals surface area contributed by atoms with Gasteiger partial charge >= 0.3 is 0 Å². The Labute approximate surface area is 166 Å². The maximum absolute atomic E-state index is 13.1. The fraction of sp³-hybridized carbons (Fsp3) is 0.0455. The van der Waals surface area contributed by atoms with Crippen LogP contribution in [0.2, 0.25) is 5.02 Å². The molecule has 1 heterocycles. The van der Waals surface area contributed by atoms with Crippen LogP contribution >= 0.6 is 11.6 Å². The monoisotopic (exact) mass is 388 g/mol. The summed E-state index contributed by atoms with van der Waals surface area (Å²) in [5, 5.41) is 5.41. The summed E-state index contributed by atoms with van der Waals surface area (Å²) in [5.41, 5.74) is 5.17. The maximum atomic E-state index is 13.1. The van der Waals surface area contributed by atoms with E-state index in [-0.39, 0.29) is 5.56 Å². The third-order valence-corrected chi connectivity index (χ3v) is 4.66. The molecule has 0 spiro atoms. The summed E-state index contributed by atoms with van der Waals surface area (Å²) in [7, 11) is 0. The molecule has 0 aliphatic rings. The second-order valence-electron chi connectivity index (χ2n) is 6.22. The van der Waals surface area contributed by atoms with Crippen molar-refractivity contribution < 1.29 is 0 Å². The summed E-state index contributed by atoms with van der Waals surface area (Å²) in [6.45, 7) is 0.390. The number of anilines is 1. The number of benzene rings is 3. The summed E-state index contributed by atoms with van der Waals surface area (Å²) < 4.78 is 1.58. The van der Waals surface area contributed by atoms with Crippen molar-refractivity contribution in [1.29, 1.82) is 0 Å². The molecule has 6 heteroatoms. The third-order valence-electron chi connectivity index (χ3n) is 4.32. The summed E-state index contributed by atoms with van der Waals surface area (Å²) in [5.74, 6) is 0.371. The average Bonchev–Trinajstić information content (AvgIpc) is 2.73. The van der Waals surface area contributed by atoms with Gasteiger partial charge in [-0.1, -0.05) is 72.3 Å². The van der Waals surface area contributed by atoms with Crippen molar-refractivity contribution >= 4 is 34.7 Å². The number of hydrazone groups is 1. The lowest BCUT2D eigenvalue weighted by atomic mass is 10.2. The Hall–Kier alpha value is -3.44. The molecule has 0 saturated heterocycles. The van der Waals surface area contributed by atoms with Gasteiger partial charge in [0, 0.05) is 10.6 Å². The molecule has 0 bridgehead atoms. The molecule has 0 atom stereocenters. The zero-order valence-electron chi connectivity index (χ0n) is 14.9. The molecule has 5 nitrogen and oxygen atoms in total. The van der Waals surface area contributed by atoms with Gasteiger partial charge in [0.1, 0.15) is 0 Å². The highest BCUT2D eigenvalue weighted by molar-refractivity contribution is 6.33. The van der Waals surface area contributed by atoms with Crippen LogP contribution in [0.25, 0.3) is 10.9 Å². The molecule has 0 amide bonds. The first-order valence-corrected chi connectivity index (χ1v) is 9.17. The second kappa shape index (κ2) is 8.06. The van der Waals surface area contributed by atoms with Crippen LogP contribution < -0.4 is 11.0 Å². The SMILES string of the molecule is O=c1c2ccccc2nc(N/N=C/c2ccccc2Cl)n1Cc1ccccc1. The highest BCUT2D eigenvalue weighted by atomic mass is 35.5. The van der Waals surface area contributed by atoms with Crippen LogP contribution in [-0.2, 0) is 6.54 Å². The third kappa shape index (κ3) is 3.80. The molecule has 0 fully saturated rings. The molecule has 1 N–H and O–H groups in total. The summed E-state index contributed by atoms with van der Waals surface area (Å²) in [4.78, 5) is 17.6. The molecule has 3 aromatic carbocycles. The van der Waals surface area contributed by atoms with Crippen molar-refractivity contribution in [3.63, 3.8) is 0 Å². The zero-order valence-corrected chi connectivity index (χ0v) is 15.7. The van der Waals surface area contributed by atoms with E-state index in [4.69, 9.17) is 11.6 Å². The van der Waals surface area contributed by atoms with Gasteiger partial charge in [0.2, 0.25) is 5.95 Å². The van der Waals surface area contributed by atoms with Crippen LogP contribution in [0.3, 0.4) is 0 Å². The van der Waals surface area contributed by atoms with E-state index >= 15 is 0 Å². The molecule has 1 aromatic heterocycles. The Morgan fingerprint density at radius 1 is 0.964 bits per heavy atom. The Morgan fingerprint density at radius 3 is 2.50 bits per heavy atom. The lowest BCUT2D eigenvalue weighted by Crippen LogP contribution is -2.24. The number of aromatic nitrogens is 2. The molecule has 28 heavy (non-hydrogen) atoms. The number of halogens is 1. The maximum Gasteiger partial charge on any atom is 0.263 e. The number of nitrogens with zero attached hydrogens (tertiary/aromatic N) is 3. The number of fused-ring (bicyclic) bond motifs is 1. The van der Waals surface area contributed by atoms with Crippen molar-refractivity contribution in [2.75, 3.05) is 5.43 Å². The Bertz CT molecular complexity index is 1200. The first kappa shape index (κ1) is 17.9. The van der Waals surface area contributed by atoms with Gasteiger partial charge in [-0.15, -0.1) is 0 Å². The summed E-state index contributed by atoms with van der Waals surface area (Å²) in [6.07, 6.45) is 1.61. The Balaban J connectivity index is 1.74. The van der Waals surface area contributed by atoms with Crippen LogP contribution in [0.1, 0.15) is 11.1 Å². The van der Waals surface area contributed by atoms with E-state index in [2.05, 4.69) is 15.5 Å². The van der Waals surface area contributed by atoms with Gasteiger partial charge in [0.25, 0.3) is 5.56 Å². The highest BCUT2D eigenvalue weighted by Crippen LogP contribution is 2.15. The van der Waals surface area contributed by atoms with Crippen molar-refractivity contribution in [2.45, 2.75) is 6.54 Å². The van der Waals surface area contributed by atoms with E-state index < -0.39 is 0 Å². The van der Waals surface area contributed by atoms with E-state index in [1.165, 1.54) is 0 Å². The number of para-hydroxylation sites is 1. The van der Waals surface area contributed by atoms with E-state index in [1.807, 2.05) is 66.7 Å². The van der Waals surface area contributed by atoms with Gasteiger partial charge < -0.3 is 0 Å². The standard InChI is InChI=1S/C22H17ClN4O/c23-19-12-6-4-10-17(19)14-24-26-22-25-20-13-7-5-11-18(20)21(28)27(22)15-16-8-2-1-3-9-16/h1-14H,15H2,(H,25,26)/b24-14+. The highest BCUT2D eigenvalue weighted by Gasteiger charge is 2.11. The molecule has 138 valence electrons. The Kier molecular flexibility index (Phi) is 5.17. The van der Waals surface area contributed by atoms with Crippen molar-refractivity contribution in [3.05, 3.63) is 105 Å². The molecule has 0 aliphatic carbocycles. The molecule has 0 radical (unpaired) electrons. The quantitative estimate of drug-likeness (QED) is 0.403. The van der Waals surface area contributed by atoms with Crippen LogP contribution in [0, 0.1) is 0 Å². The molecule has 4 rings (SSSR count). The van der Waals surface area contributed by atoms with Crippen LogP contribution in [0.4, 0.5) is 5.95 Å². The summed E-state index contributed by atoms with van der Waals surface area (Å²) >= 11 is 6.16. The molecular weight excluding hydrogens is 372 g/mol. The zero-order chi connectivity index (χ0) is 19.3. The lowest BCUT2D eigenvalue weighted by molar-refractivity contribution is 0.755. The minimum Gasteiger partial charge on any atom is -0.272 e. The first-order valence-electron chi connectivity index (χ1n) is 8.79. The second-order valence-corrected chi connectivity index (χ2v) is 6.63. The fourth-order valence-electron chi connectivity index (χ4n) is 2.91. The molecule has 0 unspecified atom stereocenters. The van der Waals surface area contributed by atoms with Gasteiger partial charge in [-0.3, -0.25) is 9.36 Å². The smallest absolute Gasteiger partial charge is 0.263 e. The van der Waals surface area contributed by atoms with Crippen molar-refractivity contribution in [3.8, 4) is 0 Å². The largest absolute Gasteiger partial charge is 0.272 e. The van der Waals surface area contributed by atoms with Crippen LogP contribution in [-0.4, -0.2) is 15.8 Å². The molecule has 4 aromatic rings. The van der Waals surface area contributed by atoms with E-state index in [1.54, 1.807) is 22.9 Å². The normalized spacial score (nSPS) is 11.2. The minimum absolute atomic E-state index is 0.120. The molecule has 0 aliphatic heterocycles. The number of rotatable bonds is 5. The number of hydrogen-bond acceptors (Lipinski definition) is 4. The van der Waals surface area contributed by atoms with E-state index in [0.29, 0.717) is 28.4 Å². The summed E-state index contributed by atoms with van der Waals surface area (Å²) in [6, 6.07) is 24.4. The van der Waals surface area contributed by atoms with Gasteiger partial charge in [0.05, 0.1) is 23.7 Å². The van der Waals surface area contributed by atoms with Gasteiger partial charge in [-0.25, -0.2) is 10.4 Å². The number of nitrogens with one attached hydrogen (secondary N) is 1. The predicted molar refractivity (Wildman–Crippen MR) is 114 cm³/mol. The molecular formula is C22H17ClN4O. The lowest BCUT2D eigenvalue weighted by Gasteiger charge is -2.13. The average molecular weight is 389 g/mol. The first-order chi connectivity index (χ1) is 13.7. The van der Waals surface area contributed by atoms with Gasteiger partial charge in [0.15, 0.2) is 0 Å². The fourth-order valence-corrected chi connectivity index (χ4v) is 3.09. The van der Waals surface area contributed by atoms with Crippen molar-refractivity contribution in [1.82, 2.24) is 9.55 Å². The number of hydrogen-bond donors (Lipinski definition) is 1. The topological polar surface area (TPSA) is 59.3 Å². The van der Waals surface area contributed by atoms with E-state index in [0.717, 1.165) is 11.1 Å². The van der Waals surface area contributed by atoms with Gasteiger partial charge in [-0.2, -0.15) is 5.10 Å². The minimum atomic E-state index is -0.120.